The number of amides is 1. The van der Waals surface area contributed by atoms with Gasteiger partial charge in [-0.1, -0.05) is 106 Å². The average molecular weight is 1070 g/mol. The SMILES string of the molecule is C#CCC.CC(=O)NCCc1cccs1.CC(C)=CC#N.CCC#N.CCC1CC(O)C1.CCCC#N.CCCCN.CCCCn1ccnc1.CCCc1cccs1.CCCc1ncc[nH]1.CCc1ccsc1. The van der Waals surface area contributed by atoms with Crippen LogP contribution in [0.2, 0.25) is 0 Å². The summed E-state index contributed by atoms with van der Waals surface area (Å²) in [6, 6.07) is 16.4. The number of aromatic amines is 1. The summed E-state index contributed by atoms with van der Waals surface area (Å²) in [6.45, 7) is 26.8. The summed E-state index contributed by atoms with van der Waals surface area (Å²) in [5.74, 6) is 4.41. The zero-order chi connectivity index (χ0) is 56.7. The molecule has 5 N–H and O–H groups in total. The van der Waals surface area contributed by atoms with Gasteiger partial charge >= 0.3 is 0 Å². The molecule has 0 unspecified atom stereocenters. The lowest BCUT2D eigenvalue weighted by molar-refractivity contribution is -0.118. The number of H-pyrrole nitrogens is 1. The molecule has 6 rings (SSSR count). The van der Waals surface area contributed by atoms with Crippen LogP contribution in [0.4, 0.5) is 0 Å². The van der Waals surface area contributed by atoms with Crippen LogP contribution in [0.15, 0.2) is 94.6 Å². The number of nitriles is 3. The van der Waals surface area contributed by atoms with E-state index in [1.54, 1.807) is 28.9 Å². The third kappa shape index (κ3) is 64.7. The maximum Gasteiger partial charge on any atom is 0.216 e. The van der Waals surface area contributed by atoms with Crippen LogP contribution in [-0.2, 0) is 37.0 Å². The summed E-state index contributed by atoms with van der Waals surface area (Å²) in [7, 11) is 0. The molecule has 1 amide bonds. The fourth-order valence-corrected chi connectivity index (χ4v) is 7.19. The van der Waals surface area contributed by atoms with E-state index in [1.807, 2.05) is 101 Å². The Hall–Kier alpha value is -5.32. The second-order valence-electron chi connectivity index (χ2n) is 16.4. The summed E-state index contributed by atoms with van der Waals surface area (Å²) in [5.41, 5.74) is 7.64. The van der Waals surface area contributed by atoms with Gasteiger partial charge in [-0.2, -0.15) is 27.1 Å². The number of unbranched alkanes of at least 4 members (excludes halogenated alkanes) is 3. The smallest absolute Gasteiger partial charge is 0.216 e. The Labute approximate surface area is 463 Å². The minimum absolute atomic E-state index is 0.0431. The Bertz CT molecular complexity index is 1920. The van der Waals surface area contributed by atoms with Crippen molar-refractivity contribution in [2.24, 2.45) is 11.7 Å². The van der Waals surface area contributed by atoms with E-state index >= 15 is 0 Å². The van der Waals surface area contributed by atoms with Gasteiger partial charge in [-0.05, 0) is 129 Å². The number of nitrogens with two attached hydrogens (primary N) is 1. The second kappa shape index (κ2) is 65.7. The number of allylic oxidation sites excluding steroid dienone is 2. The highest BCUT2D eigenvalue weighted by Crippen LogP contribution is 2.29. The predicted octanol–water partition coefficient (Wildman–Crippen LogP) is 16.1. The maximum absolute atomic E-state index is 10.5. The van der Waals surface area contributed by atoms with Gasteiger partial charge in [-0.15, -0.1) is 35.0 Å². The lowest BCUT2D eigenvalue weighted by atomic mass is 9.81. The number of aliphatic hydroxyl groups excluding tert-OH is 1. The first-order valence-corrected chi connectivity index (χ1v) is 29.3. The van der Waals surface area contributed by atoms with Gasteiger partial charge < -0.3 is 25.7 Å². The number of thiophene rings is 3. The molecule has 5 aromatic heterocycles. The van der Waals surface area contributed by atoms with E-state index in [9.17, 15) is 4.79 Å². The molecule has 0 bridgehead atoms. The molecule has 0 saturated heterocycles. The zero-order valence-electron chi connectivity index (χ0n) is 47.9. The van der Waals surface area contributed by atoms with Crippen molar-refractivity contribution >= 4 is 39.9 Å². The summed E-state index contributed by atoms with van der Waals surface area (Å²) >= 11 is 5.33. The van der Waals surface area contributed by atoms with Gasteiger partial charge in [0, 0.05) is 86.3 Å². The lowest BCUT2D eigenvalue weighted by Crippen LogP contribution is -2.27. The Balaban J connectivity index is -0.000000239. The number of hydrogen-bond donors (Lipinski definition) is 4. The average Bonchev–Trinajstić information content (AvgIpc) is 4.27. The van der Waals surface area contributed by atoms with Gasteiger partial charge in [0.05, 0.1) is 30.6 Å². The summed E-state index contributed by atoms with van der Waals surface area (Å²) in [6.07, 6.45) is 33.9. The van der Waals surface area contributed by atoms with Gasteiger partial charge in [0.2, 0.25) is 5.91 Å². The molecule has 11 nitrogen and oxygen atoms in total. The number of aryl methyl sites for hydroxylation is 4. The van der Waals surface area contributed by atoms with Crippen molar-refractivity contribution in [2.75, 3.05) is 13.1 Å². The number of imidazole rings is 2. The zero-order valence-corrected chi connectivity index (χ0v) is 50.3. The number of nitrogens with one attached hydrogen (secondary N) is 2. The number of aromatic nitrogens is 4. The topological polar surface area (TPSA) is 193 Å². The van der Waals surface area contributed by atoms with Crippen LogP contribution < -0.4 is 11.1 Å². The lowest BCUT2D eigenvalue weighted by Gasteiger charge is -2.29. The van der Waals surface area contributed by atoms with E-state index in [0.29, 0.717) is 12.8 Å². The number of nitrogens with zero attached hydrogens (tertiary/aromatic N) is 6. The van der Waals surface area contributed by atoms with Crippen LogP contribution in [0.25, 0.3) is 0 Å². The highest BCUT2D eigenvalue weighted by atomic mass is 32.1. The first-order valence-electron chi connectivity index (χ1n) is 26.6. The standard InChI is InChI=1S/C8H11NOS.C7H12N2.C7H10S.C6H10N2.C6H12O.C6H8S.C5H7N.C4H11N.C4H7N.C4H6.C3H5N/c1-7(10)9-5-4-8-3-2-6-11-8;1-2-3-5-9-6-4-8-7-9;1-2-4-7-5-3-6-8-7;1-2-3-6-7-4-5-8-6;1-2-5-3-6(7)4-5;1-2-6-3-4-7-5-6;1-5(2)3-4-6;2*1-2-3-4-5;1-3-4-2;1-2-3-4/h2-3,6H,4-5H2,1H3,(H,9,10);4,6-7H,2-3,5H2,1H3;3,5-6H,2,4H2,1H3;4-5H,2-3H2,1H3,(H,7,8);5-7H,2-4H2,1H3;3-5H,2H2,1H3;3H,1-2H3;2-5H2,1H3;2-3H2,1H3;1H,4H2,2H3;2H2,1H3. The maximum atomic E-state index is 10.5. The first-order chi connectivity index (χ1) is 35.8. The van der Waals surface area contributed by atoms with Gasteiger partial charge in [0.1, 0.15) is 5.82 Å². The van der Waals surface area contributed by atoms with Gasteiger partial charge in [0.25, 0.3) is 0 Å². The summed E-state index contributed by atoms with van der Waals surface area (Å²) in [4.78, 5) is 24.3. The number of aliphatic hydroxyl groups is 1. The summed E-state index contributed by atoms with van der Waals surface area (Å²) < 4.78 is 2.10. The molecule has 1 fully saturated rings. The minimum Gasteiger partial charge on any atom is -0.393 e. The molecular weight excluding hydrogens is 975 g/mol. The van der Waals surface area contributed by atoms with Crippen molar-refractivity contribution in [1.82, 2.24) is 24.8 Å². The Morgan fingerprint density at radius 3 is 1.73 bits per heavy atom. The van der Waals surface area contributed by atoms with Crippen molar-refractivity contribution in [1.29, 1.82) is 15.8 Å². The van der Waals surface area contributed by atoms with E-state index in [1.165, 1.54) is 79.7 Å². The van der Waals surface area contributed by atoms with Crippen LogP contribution in [0.3, 0.4) is 0 Å². The van der Waals surface area contributed by atoms with Crippen LogP contribution in [0, 0.1) is 52.3 Å². The number of rotatable bonds is 15. The Morgan fingerprint density at radius 1 is 0.851 bits per heavy atom. The third-order valence-electron chi connectivity index (χ3n) is 9.18. The Kier molecular flexibility index (Phi) is 68.9. The molecule has 0 radical (unpaired) electrons. The van der Waals surface area contributed by atoms with Crippen molar-refractivity contribution < 1.29 is 9.90 Å². The van der Waals surface area contributed by atoms with Crippen LogP contribution >= 0.6 is 34.0 Å². The van der Waals surface area contributed by atoms with Gasteiger partial charge in [-0.3, -0.25) is 4.79 Å². The van der Waals surface area contributed by atoms with Crippen LogP contribution in [0.1, 0.15) is 188 Å². The van der Waals surface area contributed by atoms with E-state index in [2.05, 4.69) is 113 Å². The molecule has 414 valence electrons. The molecule has 0 aromatic carbocycles. The second-order valence-corrected chi connectivity index (χ2v) is 19.3. The normalized spacial score (nSPS) is 11.4. The quantitative estimate of drug-likeness (QED) is 0.0587. The Morgan fingerprint density at radius 2 is 1.46 bits per heavy atom. The van der Waals surface area contributed by atoms with E-state index in [0.717, 1.165) is 81.9 Å². The summed E-state index contributed by atoms with van der Waals surface area (Å²) in [5, 5.41) is 43.3. The van der Waals surface area contributed by atoms with E-state index < -0.39 is 0 Å². The van der Waals surface area contributed by atoms with Crippen molar-refractivity contribution in [3.05, 3.63) is 116 Å². The molecule has 0 atom stereocenters. The number of carbonyl (C=O) groups is 1. The van der Waals surface area contributed by atoms with Crippen molar-refractivity contribution in [2.45, 2.75) is 205 Å². The van der Waals surface area contributed by atoms with Gasteiger partial charge in [0.15, 0.2) is 0 Å². The molecule has 14 heteroatoms. The first kappa shape index (κ1) is 77.6. The van der Waals surface area contributed by atoms with Crippen molar-refractivity contribution in [3.63, 3.8) is 0 Å². The molecule has 5 aromatic rings. The molecule has 0 spiro atoms. The number of carbonyl (C=O) groups excluding carboxylic acids is 1. The fourth-order valence-electron chi connectivity index (χ4n) is 4.92. The molecule has 5 heterocycles. The van der Waals surface area contributed by atoms with Crippen LogP contribution in [0.5, 0.6) is 0 Å². The molecular formula is C60H99N9O2S3. The minimum atomic E-state index is 0.0431. The monoisotopic (exact) mass is 1070 g/mol. The highest BCUT2D eigenvalue weighted by Gasteiger charge is 2.24. The van der Waals surface area contributed by atoms with Crippen molar-refractivity contribution in [3.8, 4) is 30.6 Å². The largest absolute Gasteiger partial charge is 0.393 e. The van der Waals surface area contributed by atoms with Crippen LogP contribution in [-0.4, -0.2) is 49.7 Å². The van der Waals surface area contributed by atoms with E-state index in [-0.39, 0.29) is 12.0 Å². The molecule has 1 aliphatic rings. The third-order valence-corrected chi connectivity index (χ3v) is 11.8. The fraction of sp³-hybridized carbons (Fsp3) is 0.567. The number of terminal acetylenes is 1. The number of hydrogen-bond acceptors (Lipinski definition) is 11. The predicted molar refractivity (Wildman–Crippen MR) is 322 cm³/mol. The highest BCUT2D eigenvalue weighted by molar-refractivity contribution is 7.10. The molecule has 1 aliphatic carbocycles. The molecule has 1 saturated carbocycles. The van der Waals surface area contributed by atoms with E-state index in [4.69, 9.17) is 33.0 Å². The molecule has 0 aliphatic heterocycles. The van der Waals surface area contributed by atoms with Gasteiger partial charge in [-0.25, -0.2) is 9.97 Å². The molecule has 74 heavy (non-hydrogen) atoms.